The molecule has 19 heteroatoms. The van der Waals surface area contributed by atoms with Gasteiger partial charge in [-0.2, -0.15) is 0 Å². The van der Waals surface area contributed by atoms with Crippen LogP contribution in [-0.2, 0) is 65.4 Å². The number of phosphoric ester groups is 2. The molecule has 0 aromatic rings. The van der Waals surface area contributed by atoms with Crippen molar-refractivity contribution in [3.05, 3.63) is 207 Å². The Labute approximate surface area is 678 Å². The third-order valence-electron chi connectivity index (χ3n) is 16.7. The van der Waals surface area contributed by atoms with Gasteiger partial charge < -0.3 is 33.8 Å². The average molecular weight is 1600 g/mol. The Morgan fingerprint density at radius 2 is 0.482 bits per heavy atom. The highest BCUT2D eigenvalue weighted by Gasteiger charge is 2.30. The van der Waals surface area contributed by atoms with Crippen LogP contribution in [0.2, 0.25) is 0 Å². The number of aliphatic hydroxyl groups is 1. The Morgan fingerprint density at radius 3 is 0.777 bits per heavy atom. The second-order valence-corrected chi connectivity index (χ2v) is 30.2. The summed E-state index contributed by atoms with van der Waals surface area (Å²) in [5, 5.41) is 10.7. The maximum atomic E-state index is 13.1. The second-order valence-electron chi connectivity index (χ2n) is 27.3. The van der Waals surface area contributed by atoms with Crippen molar-refractivity contribution in [1.29, 1.82) is 0 Å². The summed E-state index contributed by atoms with van der Waals surface area (Å²) in [6, 6.07) is 0. The number of hydrogen-bond donors (Lipinski definition) is 3. The number of aliphatic hydroxyl groups excluding tert-OH is 1. The SMILES string of the molecule is CC/C=C\C/C=C\C/C=C\C/C=C\C/C=C\CCCCCC(=O)OC[C@H](COP(=O)(O)OC[C@@H](O)COP(=O)(O)OC[C@@H](COC(=O)CC/C=C\C/C=C\C/C=C\C/C=C\C/C=C\CCCCC)OC(=O)CCCCCCC/C=C\C/C=C\CCCCC)OC(=O)CCCCC/C=C\C/C=C\C/C=C\C/C=C\C/C=C\CC. The van der Waals surface area contributed by atoms with Crippen molar-refractivity contribution in [1.82, 2.24) is 0 Å². The van der Waals surface area contributed by atoms with E-state index in [1.54, 1.807) is 0 Å². The maximum absolute atomic E-state index is 13.1. The summed E-state index contributed by atoms with van der Waals surface area (Å²) >= 11 is 0. The molecule has 0 aliphatic heterocycles. The van der Waals surface area contributed by atoms with Crippen LogP contribution in [0.15, 0.2) is 207 Å². The minimum atomic E-state index is -5.02. The first-order valence-corrected chi connectivity index (χ1v) is 45.3. The van der Waals surface area contributed by atoms with Crippen molar-refractivity contribution in [2.45, 2.75) is 316 Å². The van der Waals surface area contributed by atoms with Gasteiger partial charge in [0.1, 0.15) is 19.3 Å². The Balaban J connectivity index is 5.55. The van der Waals surface area contributed by atoms with Crippen LogP contribution < -0.4 is 0 Å². The lowest BCUT2D eigenvalue weighted by atomic mass is 10.1. The molecule has 0 aromatic carbocycles. The van der Waals surface area contributed by atoms with Gasteiger partial charge in [-0.3, -0.25) is 37.3 Å². The highest BCUT2D eigenvalue weighted by Crippen LogP contribution is 2.45. The Kier molecular flexibility index (Phi) is 77.9. The quantitative estimate of drug-likeness (QED) is 0.0169. The van der Waals surface area contributed by atoms with Crippen LogP contribution in [-0.4, -0.2) is 96.7 Å². The van der Waals surface area contributed by atoms with Gasteiger partial charge in [0, 0.05) is 25.7 Å². The fourth-order valence-electron chi connectivity index (χ4n) is 10.3. The smallest absolute Gasteiger partial charge is 0.462 e. The zero-order valence-corrected chi connectivity index (χ0v) is 71.0. The van der Waals surface area contributed by atoms with Crippen molar-refractivity contribution < 1.29 is 80.2 Å². The first kappa shape index (κ1) is 106. The first-order chi connectivity index (χ1) is 54.7. The standard InChI is InChI=1S/C93H148O17P2/c1-5-9-13-17-21-25-29-33-37-40-43-46-50-53-57-61-65-69-73-77-90(95)103-83-88(109-92(97)79-75-71-67-63-59-55-49-36-32-28-24-20-16-12-8-4)85-107-111(99,100)105-81-87(94)82-106-112(101,102)108-86-89(110-93(98)80-76-72-68-64-60-56-52-48-45-42-39-35-31-27-23-19-15-11-7-3)84-104-91(96)78-74-70-66-62-58-54-51-47-44-41-38-34-30-26-22-18-14-10-6-2/h10-11,14-15,21-28,33-39,43-49,53-54,56-58,60,65,69,87-89,94H,5-9,12-13,16-20,29-32,40-42,50-52,55,59,61-64,66-68,70-86H2,1-4H3,(H,99,100)(H,101,102)/b14-10-,15-11-,25-21-,26-22-,27-23-,28-24-,37-33-,38-34-,39-35-,46-43-,47-44-,48-45-,49-36-,57-53-,58-54-,60-56-,69-65-/t87-,88+,89+/m0/s1. The van der Waals surface area contributed by atoms with E-state index in [1.165, 1.54) is 38.5 Å². The summed E-state index contributed by atoms with van der Waals surface area (Å²) in [5.41, 5.74) is 0. The number of ether oxygens (including phenoxy) is 4. The zero-order valence-electron chi connectivity index (χ0n) is 69.3. The highest BCUT2D eigenvalue weighted by molar-refractivity contribution is 7.47. The minimum absolute atomic E-state index is 0.0262. The number of esters is 4. The van der Waals surface area contributed by atoms with Gasteiger partial charge in [0.25, 0.3) is 0 Å². The molecule has 0 saturated heterocycles. The number of allylic oxidation sites excluding steroid dienone is 34. The highest BCUT2D eigenvalue weighted by atomic mass is 31.2. The summed E-state index contributed by atoms with van der Waals surface area (Å²) in [5.74, 6) is -2.38. The van der Waals surface area contributed by atoms with Crippen LogP contribution in [0.1, 0.15) is 297 Å². The molecule has 17 nitrogen and oxygen atoms in total. The number of carbonyl (C=O) groups excluding carboxylic acids is 4. The molecule has 0 fully saturated rings. The Morgan fingerprint density at radius 1 is 0.259 bits per heavy atom. The predicted molar refractivity (Wildman–Crippen MR) is 463 cm³/mol. The molecule has 0 aliphatic carbocycles. The van der Waals surface area contributed by atoms with Gasteiger partial charge in [-0.25, -0.2) is 9.13 Å². The van der Waals surface area contributed by atoms with E-state index in [0.29, 0.717) is 32.1 Å². The molecular formula is C93H148O17P2. The van der Waals surface area contributed by atoms with Crippen LogP contribution in [0.5, 0.6) is 0 Å². The molecule has 3 N–H and O–H groups in total. The molecule has 0 bridgehead atoms. The molecule has 0 aliphatic rings. The van der Waals surface area contributed by atoms with Crippen LogP contribution in [0.4, 0.5) is 0 Å². The molecule has 0 spiro atoms. The molecular weight excluding hydrogens is 1450 g/mol. The fraction of sp³-hybridized carbons (Fsp3) is 0.591. The van der Waals surface area contributed by atoms with E-state index in [1.807, 2.05) is 18.2 Å². The van der Waals surface area contributed by atoms with E-state index in [0.717, 1.165) is 173 Å². The maximum Gasteiger partial charge on any atom is 0.472 e. The Bertz CT molecular complexity index is 2940. The predicted octanol–water partition coefficient (Wildman–Crippen LogP) is 25.4. The molecule has 0 heterocycles. The number of hydrogen-bond acceptors (Lipinski definition) is 15. The lowest BCUT2D eigenvalue weighted by Crippen LogP contribution is -2.30. The number of carbonyl (C=O) groups is 4. The first-order valence-electron chi connectivity index (χ1n) is 42.3. The van der Waals surface area contributed by atoms with Gasteiger partial charge in [-0.15, -0.1) is 0 Å². The van der Waals surface area contributed by atoms with Gasteiger partial charge >= 0.3 is 39.5 Å². The van der Waals surface area contributed by atoms with Crippen molar-refractivity contribution in [3.63, 3.8) is 0 Å². The van der Waals surface area contributed by atoms with Gasteiger partial charge in [0.05, 0.1) is 26.4 Å². The minimum Gasteiger partial charge on any atom is -0.462 e. The van der Waals surface area contributed by atoms with Crippen LogP contribution >= 0.6 is 15.6 Å². The second kappa shape index (κ2) is 82.6. The molecule has 0 radical (unpaired) electrons. The lowest BCUT2D eigenvalue weighted by molar-refractivity contribution is -0.161. The van der Waals surface area contributed by atoms with E-state index >= 15 is 0 Å². The van der Waals surface area contributed by atoms with Crippen molar-refractivity contribution in [2.75, 3.05) is 39.6 Å². The normalized spacial score (nSPS) is 14.8. The van der Waals surface area contributed by atoms with Crippen molar-refractivity contribution in [2.24, 2.45) is 0 Å². The molecule has 0 amide bonds. The third kappa shape index (κ3) is 81.6. The average Bonchev–Trinajstić information content (AvgIpc) is 0.898. The van der Waals surface area contributed by atoms with Gasteiger partial charge in [0.15, 0.2) is 12.2 Å². The van der Waals surface area contributed by atoms with Crippen LogP contribution in [0, 0.1) is 0 Å². The van der Waals surface area contributed by atoms with Crippen LogP contribution in [0.3, 0.4) is 0 Å². The van der Waals surface area contributed by atoms with Crippen molar-refractivity contribution >= 4 is 39.5 Å². The fourth-order valence-corrected chi connectivity index (χ4v) is 11.9. The van der Waals surface area contributed by atoms with Crippen molar-refractivity contribution in [3.8, 4) is 0 Å². The largest absolute Gasteiger partial charge is 0.472 e. The zero-order chi connectivity index (χ0) is 81.7. The topological polar surface area (TPSA) is 237 Å². The van der Waals surface area contributed by atoms with E-state index in [9.17, 15) is 43.2 Å². The third-order valence-corrected chi connectivity index (χ3v) is 18.6. The summed E-state index contributed by atoms with van der Waals surface area (Å²) in [6.07, 6.45) is 104. The monoisotopic (exact) mass is 1600 g/mol. The molecule has 2 unspecified atom stereocenters. The summed E-state index contributed by atoms with van der Waals surface area (Å²) in [4.78, 5) is 73.2. The van der Waals surface area contributed by atoms with Crippen LogP contribution in [0.25, 0.3) is 0 Å². The lowest BCUT2D eigenvalue weighted by Gasteiger charge is -2.21. The summed E-state index contributed by atoms with van der Waals surface area (Å²) < 4.78 is 68.6. The van der Waals surface area contributed by atoms with E-state index in [2.05, 4.69) is 216 Å². The van der Waals surface area contributed by atoms with E-state index < -0.39 is 97.5 Å². The van der Waals surface area contributed by atoms with E-state index in [-0.39, 0.29) is 25.7 Å². The molecule has 0 saturated carbocycles. The summed E-state index contributed by atoms with van der Waals surface area (Å²) in [6.45, 7) is 4.40. The molecule has 5 atom stereocenters. The van der Waals surface area contributed by atoms with Gasteiger partial charge in [-0.05, 0) is 186 Å². The van der Waals surface area contributed by atoms with E-state index in [4.69, 9.17) is 37.0 Å². The Hall–Kier alpha value is -6.36. The number of unbranched alkanes of at least 4 members (excludes halogenated alkanes) is 17. The molecule has 0 aromatic heterocycles. The summed E-state index contributed by atoms with van der Waals surface area (Å²) in [7, 11) is -10.0. The van der Waals surface area contributed by atoms with Gasteiger partial charge in [0.2, 0.25) is 0 Å². The number of phosphoric acid groups is 2. The number of rotatable bonds is 77. The van der Waals surface area contributed by atoms with Gasteiger partial charge in [-0.1, -0.05) is 292 Å². The molecule has 632 valence electrons. The molecule has 0 rings (SSSR count). The molecule has 112 heavy (non-hydrogen) atoms.